The van der Waals surface area contributed by atoms with Gasteiger partial charge in [0.15, 0.2) is 0 Å². The lowest BCUT2D eigenvalue weighted by atomic mass is 9.87. The third-order valence-corrected chi connectivity index (χ3v) is 9.87. The van der Waals surface area contributed by atoms with Crippen LogP contribution in [0.1, 0.15) is 0 Å². The van der Waals surface area contributed by atoms with Crippen molar-refractivity contribution >= 4 is 38.6 Å². The van der Waals surface area contributed by atoms with E-state index >= 15 is 0 Å². The molecule has 1 heteroatoms. The van der Waals surface area contributed by atoms with E-state index in [0.29, 0.717) is 0 Å². The Morgan fingerprint density at radius 3 is 1.33 bits per heavy atom. The summed E-state index contributed by atoms with van der Waals surface area (Å²) >= 11 is 0. The van der Waals surface area contributed by atoms with Gasteiger partial charge in [-0.2, -0.15) is 0 Å². The number of hydrogen-bond donors (Lipinski definition) is 0. The number of hydrogen-bond acceptors (Lipinski definition) is 1. The van der Waals surface area contributed by atoms with E-state index in [1.807, 2.05) is 0 Å². The van der Waals surface area contributed by atoms with Gasteiger partial charge in [0.1, 0.15) is 0 Å². The summed E-state index contributed by atoms with van der Waals surface area (Å²) in [5.74, 6) is 0. The van der Waals surface area contributed by atoms with E-state index in [1.165, 1.54) is 66.1 Å². The summed E-state index contributed by atoms with van der Waals surface area (Å²) in [6, 6.07) is 76.5. The maximum absolute atomic E-state index is 2.36. The fraction of sp³-hybridized carbons (Fsp3) is 0. The standard InChI is InChI=1S/C50H35N/c1-4-14-36(15-5-1)37-24-29-43(30-25-37)51(42-19-8-3-9-20-42)44-31-26-38(27-32-44)40-28-33-48(49(34-40)39-16-6-2-7-17-39)50-35-41-18-10-11-21-45(41)46-22-12-13-23-47(46)50/h1-35H. The first-order valence-electron chi connectivity index (χ1n) is 17.5. The second-order valence-electron chi connectivity index (χ2n) is 12.9. The molecule has 1 nitrogen and oxygen atoms in total. The second kappa shape index (κ2) is 13.3. The van der Waals surface area contributed by atoms with Gasteiger partial charge >= 0.3 is 0 Å². The summed E-state index contributed by atoms with van der Waals surface area (Å²) in [6.07, 6.45) is 0. The fourth-order valence-electron chi connectivity index (χ4n) is 7.35. The van der Waals surface area contributed by atoms with Gasteiger partial charge in [-0.15, -0.1) is 0 Å². The van der Waals surface area contributed by atoms with Crippen LogP contribution in [0.15, 0.2) is 212 Å². The van der Waals surface area contributed by atoms with Crippen molar-refractivity contribution in [1.82, 2.24) is 0 Å². The smallest absolute Gasteiger partial charge is 0.0462 e. The normalized spacial score (nSPS) is 11.1. The molecule has 0 atom stereocenters. The average Bonchev–Trinajstić information content (AvgIpc) is 3.22. The molecule has 0 saturated carbocycles. The lowest BCUT2D eigenvalue weighted by Crippen LogP contribution is -2.09. The predicted molar refractivity (Wildman–Crippen MR) is 218 cm³/mol. The highest BCUT2D eigenvalue weighted by atomic mass is 15.1. The number of rotatable bonds is 7. The van der Waals surface area contributed by atoms with Crippen LogP contribution in [0.3, 0.4) is 0 Å². The van der Waals surface area contributed by atoms with Gasteiger partial charge < -0.3 is 4.90 Å². The average molecular weight is 650 g/mol. The molecule has 0 heterocycles. The molecule has 0 N–H and O–H groups in total. The molecule has 9 aromatic carbocycles. The van der Waals surface area contributed by atoms with Crippen LogP contribution in [0.25, 0.3) is 66.1 Å². The fourth-order valence-corrected chi connectivity index (χ4v) is 7.35. The van der Waals surface area contributed by atoms with Crippen LogP contribution in [0.5, 0.6) is 0 Å². The lowest BCUT2D eigenvalue weighted by molar-refractivity contribution is 1.28. The van der Waals surface area contributed by atoms with Crippen molar-refractivity contribution in [2.24, 2.45) is 0 Å². The number of fused-ring (bicyclic) bond motifs is 3. The molecular formula is C50H35N. The lowest BCUT2D eigenvalue weighted by Gasteiger charge is -2.26. The maximum atomic E-state index is 2.36. The molecular weight excluding hydrogens is 615 g/mol. The van der Waals surface area contributed by atoms with Crippen LogP contribution >= 0.6 is 0 Å². The van der Waals surface area contributed by atoms with Gasteiger partial charge in [0.05, 0.1) is 0 Å². The Balaban J connectivity index is 1.13. The van der Waals surface area contributed by atoms with E-state index in [-0.39, 0.29) is 0 Å². The SMILES string of the molecule is c1ccc(-c2ccc(N(c3ccccc3)c3ccc(-c4ccc(-c5cc6ccccc6c6ccccc56)c(-c5ccccc5)c4)cc3)cc2)cc1. The van der Waals surface area contributed by atoms with Crippen LogP contribution in [-0.2, 0) is 0 Å². The van der Waals surface area contributed by atoms with E-state index in [2.05, 4.69) is 217 Å². The highest BCUT2D eigenvalue weighted by Gasteiger charge is 2.16. The van der Waals surface area contributed by atoms with Gasteiger partial charge in [-0.1, -0.05) is 164 Å². The van der Waals surface area contributed by atoms with Crippen LogP contribution in [0, 0.1) is 0 Å². The van der Waals surface area contributed by atoms with Crippen LogP contribution in [0.4, 0.5) is 17.1 Å². The van der Waals surface area contributed by atoms with Crippen molar-refractivity contribution in [2.75, 3.05) is 4.90 Å². The Hall–Kier alpha value is -6.70. The highest BCUT2D eigenvalue weighted by Crippen LogP contribution is 2.42. The van der Waals surface area contributed by atoms with E-state index < -0.39 is 0 Å². The number of nitrogens with zero attached hydrogens (tertiary/aromatic N) is 1. The van der Waals surface area contributed by atoms with Gasteiger partial charge in [0.25, 0.3) is 0 Å². The van der Waals surface area contributed by atoms with Gasteiger partial charge in [0, 0.05) is 17.1 Å². The summed E-state index contributed by atoms with van der Waals surface area (Å²) in [5.41, 5.74) is 13.1. The summed E-state index contributed by atoms with van der Waals surface area (Å²) < 4.78 is 0. The van der Waals surface area contributed by atoms with Crippen LogP contribution in [0.2, 0.25) is 0 Å². The molecule has 9 rings (SSSR count). The molecule has 9 aromatic rings. The zero-order valence-corrected chi connectivity index (χ0v) is 28.2. The number of para-hydroxylation sites is 1. The Labute approximate surface area is 299 Å². The zero-order valence-electron chi connectivity index (χ0n) is 28.2. The van der Waals surface area contributed by atoms with Crippen molar-refractivity contribution in [2.45, 2.75) is 0 Å². The van der Waals surface area contributed by atoms with Crippen molar-refractivity contribution in [1.29, 1.82) is 0 Å². The van der Waals surface area contributed by atoms with Crippen molar-refractivity contribution in [3.05, 3.63) is 212 Å². The number of benzene rings is 9. The maximum Gasteiger partial charge on any atom is 0.0462 e. The molecule has 240 valence electrons. The van der Waals surface area contributed by atoms with E-state index in [0.717, 1.165) is 17.1 Å². The molecule has 0 radical (unpaired) electrons. The summed E-state index contributed by atoms with van der Waals surface area (Å²) in [4.78, 5) is 2.32. The van der Waals surface area contributed by atoms with Crippen molar-refractivity contribution in [3.8, 4) is 44.5 Å². The monoisotopic (exact) mass is 649 g/mol. The molecule has 51 heavy (non-hydrogen) atoms. The minimum atomic E-state index is 1.11. The Morgan fingerprint density at radius 2 is 0.686 bits per heavy atom. The largest absolute Gasteiger partial charge is 0.311 e. The summed E-state index contributed by atoms with van der Waals surface area (Å²) in [6.45, 7) is 0. The molecule has 0 fully saturated rings. The van der Waals surface area contributed by atoms with Gasteiger partial charge in [0.2, 0.25) is 0 Å². The molecule has 0 saturated heterocycles. The molecule has 0 spiro atoms. The van der Waals surface area contributed by atoms with Gasteiger partial charge in [-0.3, -0.25) is 0 Å². The molecule has 0 aliphatic heterocycles. The molecule has 0 aliphatic carbocycles. The molecule has 0 bridgehead atoms. The van der Waals surface area contributed by atoms with Crippen LogP contribution in [-0.4, -0.2) is 0 Å². The Kier molecular flexibility index (Phi) is 7.92. The minimum absolute atomic E-state index is 1.11. The number of anilines is 3. The Morgan fingerprint density at radius 1 is 0.235 bits per heavy atom. The summed E-state index contributed by atoms with van der Waals surface area (Å²) in [5, 5.41) is 5.08. The molecule has 0 amide bonds. The first-order valence-corrected chi connectivity index (χ1v) is 17.5. The van der Waals surface area contributed by atoms with Gasteiger partial charge in [-0.25, -0.2) is 0 Å². The van der Waals surface area contributed by atoms with Crippen molar-refractivity contribution < 1.29 is 0 Å². The summed E-state index contributed by atoms with van der Waals surface area (Å²) in [7, 11) is 0. The van der Waals surface area contributed by atoms with Crippen molar-refractivity contribution in [3.63, 3.8) is 0 Å². The second-order valence-corrected chi connectivity index (χ2v) is 12.9. The minimum Gasteiger partial charge on any atom is -0.311 e. The van der Waals surface area contributed by atoms with Crippen LogP contribution < -0.4 is 4.90 Å². The first-order chi connectivity index (χ1) is 25.3. The third kappa shape index (κ3) is 5.86. The van der Waals surface area contributed by atoms with E-state index in [9.17, 15) is 0 Å². The van der Waals surface area contributed by atoms with E-state index in [1.54, 1.807) is 0 Å². The molecule has 0 unspecified atom stereocenters. The van der Waals surface area contributed by atoms with E-state index in [4.69, 9.17) is 0 Å². The highest BCUT2D eigenvalue weighted by molar-refractivity contribution is 6.15. The first kappa shape index (κ1) is 30.4. The predicted octanol–water partition coefficient (Wildman–Crippen LogP) is 14.1. The van der Waals surface area contributed by atoms with Gasteiger partial charge in [-0.05, 0) is 115 Å². The topological polar surface area (TPSA) is 3.24 Å². The molecule has 0 aromatic heterocycles. The quantitative estimate of drug-likeness (QED) is 0.155. The molecule has 0 aliphatic rings. The Bertz CT molecular complexity index is 2590. The zero-order chi connectivity index (χ0) is 34.0. The third-order valence-electron chi connectivity index (χ3n) is 9.87.